The van der Waals surface area contributed by atoms with Gasteiger partial charge in [-0.1, -0.05) is 50.2 Å². The Labute approximate surface area is 137 Å². The maximum atomic E-state index is 12.2. The van der Waals surface area contributed by atoms with Crippen molar-refractivity contribution >= 4 is 6.03 Å². The number of ether oxygens (including phenoxy) is 1. The summed E-state index contributed by atoms with van der Waals surface area (Å²) >= 11 is 0. The Bertz CT molecular complexity index is 612. The van der Waals surface area contributed by atoms with E-state index in [1.54, 1.807) is 19.4 Å². The molecule has 0 unspecified atom stereocenters. The Balaban J connectivity index is 1.91. The van der Waals surface area contributed by atoms with Gasteiger partial charge in [-0.15, -0.1) is 0 Å². The van der Waals surface area contributed by atoms with Crippen molar-refractivity contribution in [3.05, 3.63) is 59.8 Å². The molecule has 0 aliphatic carbocycles. The number of pyridine rings is 1. The monoisotopic (exact) mass is 313 g/mol. The summed E-state index contributed by atoms with van der Waals surface area (Å²) < 4.78 is 5.01. The number of aromatic nitrogens is 1. The van der Waals surface area contributed by atoms with E-state index in [-0.39, 0.29) is 12.1 Å². The molecule has 23 heavy (non-hydrogen) atoms. The fourth-order valence-electron chi connectivity index (χ4n) is 2.31. The molecule has 0 fully saturated rings. The van der Waals surface area contributed by atoms with Crippen molar-refractivity contribution in [1.29, 1.82) is 0 Å². The number of urea groups is 1. The minimum Gasteiger partial charge on any atom is -0.481 e. The molecule has 0 aliphatic heterocycles. The highest BCUT2D eigenvalue weighted by Gasteiger charge is 2.17. The van der Waals surface area contributed by atoms with Crippen molar-refractivity contribution in [3.8, 4) is 5.88 Å². The lowest BCUT2D eigenvalue weighted by Gasteiger charge is -2.23. The highest BCUT2D eigenvalue weighted by Crippen LogP contribution is 2.21. The predicted molar refractivity (Wildman–Crippen MR) is 90.2 cm³/mol. The fraction of sp³-hybridized carbons (Fsp3) is 0.333. The van der Waals surface area contributed by atoms with Crippen LogP contribution < -0.4 is 15.4 Å². The number of carbonyl (C=O) groups excluding carboxylic acids is 1. The fourth-order valence-corrected chi connectivity index (χ4v) is 2.31. The van der Waals surface area contributed by atoms with Crippen LogP contribution in [0.15, 0.2) is 48.7 Å². The van der Waals surface area contributed by atoms with Crippen molar-refractivity contribution < 1.29 is 9.53 Å². The molecule has 1 aromatic heterocycles. The zero-order valence-corrected chi connectivity index (χ0v) is 13.7. The van der Waals surface area contributed by atoms with Gasteiger partial charge in [0.2, 0.25) is 5.88 Å². The summed E-state index contributed by atoms with van der Waals surface area (Å²) in [4.78, 5) is 16.3. The third kappa shape index (κ3) is 4.98. The molecule has 0 radical (unpaired) electrons. The second kappa shape index (κ2) is 8.17. The van der Waals surface area contributed by atoms with Crippen LogP contribution in [-0.2, 0) is 6.54 Å². The molecule has 0 bridgehead atoms. The third-order valence-corrected chi connectivity index (χ3v) is 3.57. The number of nitrogens with zero attached hydrogens (tertiary/aromatic N) is 1. The molecule has 0 aliphatic rings. The van der Waals surface area contributed by atoms with Crippen LogP contribution >= 0.6 is 0 Å². The first-order valence-corrected chi connectivity index (χ1v) is 7.68. The van der Waals surface area contributed by atoms with Crippen LogP contribution in [0, 0.1) is 5.92 Å². The summed E-state index contributed by atoms with van der Waals surface area (Å²) in [5, 5.41) is 5.89. The van der Waals surface area contributed by atoms with Crippen LogP contribution in [-0.4, -0.2) is 18.1 Å². The number of hydrogen-bond acceptors (Lipinski definition) is 3. The molecule has 2 N–H and O–H groups in total. The van der Waals surface area contributed by atoms with Gasteiger partial charge in [0.15, 0.2) is 0 Å². The lowest BCUT2D eigenvalue weighted by atomic mass is 9.96. The Morgan fingerprint density at radius 2 is 1.91 bits per heavy atom. The molecule has 2 rings (SSSR count). The third-order valence-electron chi connectivity index (χ3n) is 3.57. The largest absolute Gasteiger partial charge is 0.481 e. The summed E-state index contributed by atoms with van der Waals surface area (Å²) in [5.74, 6) is 0.855. The van der Waals surface area contributed by atoms with Gasteiger partial charge in [0.05, 0.1) is 13.2 Å². The average molecular weight is 313 g/mol. The van der Waals surface area contributed by atoms with Gasteiger partial charge < -0.3 is 15.4 Å². The van der Waals surface area contributed by atoms with Crippen molar-refractivity contribution in [2.75, 3.05) is 7.11 Å². The predicted octanol–water partition coefficient (Wildman–Crippen LogP) is 3.29. The number of methoxy groups -OCH3 is 1. The molecule has 1 atom stereocenters. The highest BCUT2D eigenvalue weighted by molar-refractivity contribution is 5.74. The SMILES string of the molecule is COc1ccc(CNC(=O)N[C@@H](c2ccccc2)C(C)C)cn1. The Morgan fingerprint density at radius 1 is 1.17 bits per heavy atom. The maximum absolute atomic E-state index is 12.2. The van der Waals surface area contributed by atoms with Crippen molar-refractivity contribution in [3.63, 3.8) is 0 Å². The van der Waals surface area contributed by atoms with Gasteiger partial charge in [-0.3, -0.25) is 0 Å². The molecule has 1 aromatic carbocycles. The zero-order chi connectivity index (χ0) is 16.7. The van der Waals surface area contributed by atoms with Gasteiger partial charge in [-0.05, 0) is 17.0 Å². The summed E-state index contributed by atoms with van der Waals surface area (Å²) in [7, 11) is 1.57. The first kappa shape index (κ1) is 16.8. The number of carbonyl (C=O) groups is 1. The molecular weight excluding hydrogens is 290 g/mol. The van der Waals surface area contributed by atoms with E-state index >= 15 is 0 Å². The molecular formula is C18H23N3O2. The second-order valence-electron chi connectivity index (χ2n) is 5.67. The van der Waals surface area contributed by atoms with Crippen LogP contribution in [0.4, 0.5) is 4.79 Å². The highest BCUT2D eigenvalue weighted by atomic mass is 16.5. The van der Waals surface area contributed by atoms with Gasteiger partial charge in [0.1, 0.15) is 0 Å². The maximum Gasteiger partial charge on any atom is 0.315 e. The first-order chi connectivity index (χ1) is 11.1. The number of rotatable bonds is 6. The minimum atomic E-state index is -0.191. The van der Waals surface area contributed by atoms with E-state index in [9.17, 15) is 4.79 Å². The van der Waals surface area contributed by atoms with Gasteiger partial charge in [0, 0.05) is 18.8 Å². The van der Waals surface area contributed by atoms with E-state index in [1.807, 2.05) is 36.4 Å². The van der Waals surface area contributed by atoms with Gasteiger partial charge in [0.25, 0.3) is 0 Å². The molecule has 122 valence electrons. The van der Waals surface area contributed by atoms with Crippen LogP contribution in [0.5, 0.6) is 5.88 Å². The van der Waals surface area contributed by atoms with Crippen LogP contribution in [0.25, 0.3) is 0 Å². The zero-order valence-electron chi connectivity index (χ0n) is 13.7. The minimum absolute atomic E-state index is 0.0230. The van der Waals surface area contributed by atoms with E-state index in [4.69, 9.17) is 4.74 Å². The molecule has 0 spiro atoms. The number of hydrogen-bond donors (Lipinski definition) is 2. The second-order valence-corrected chi connectivity index (χ2v) is 5.67. The summed E-state index contributed by atoms with van der Waals surface area (Å²) in [6, 6.07) is 13.4. The lowest BCUT2D eigenvalue weighted by Crippen LogP contribution is -2.39. The van der Waals surface area contributed by atoms with Crippen LogP contribution in [0.1, 0.15) is 31.0 Å². The quantitative estimate of drug-likeness (QED) is 0.860. The van der Waals surface area contributed by atoms with E-state index in [0.717, 1.165) is 11.1 Å². The smallest absolute Gasteiger partial charge is 0.315 e. The summed E-state index contributed by atoms with van der Waals surface area (Å²) in [5.41, 5.74) is 2.02. The Kier molecular flexibility index (Phi) is 5.97. The van der Waals surface area contributed by atoms with Gasteiger partial charge >= 0.3 is 6.03 Å². The van der Waals surface area contributed by atoms with Crippen LogP contribution in [0.2, 0.25) is 0 Å². The molecule has 1 heterocycles. The van der Waals surface area contributed by atoms with Crippen molar-refractivity contribution in [2.24, 2.45) is 5.92 Å². The normalized spacial score (nSPS) is 11.8. The van der Waals surface area contributed by atoms with Crippen molar-refractivity contribution in [1.82, 2.24) is 15.6 Å². The molecule has 5 nitrogen and oxygen atoms in total. The van der Waals surface area contributed by atoms with Crippen LogP contribution in [0.3, 0.4) is 0 Å². The average Bonchev–Trinajstić information content (AvgIpc) is 2.58. The molecule has 2 amide bonds. The molecule has 5 heteroatoms. The van der Waals surface area contributed by atoms with E-state index in [2.05, 4.69) is 29.5 Å². The van der Waals surface area contributed by atoms with E-state index < -0.39 is 0 Å². The number of benzene rings is 1. The molecule has 0 saturated heterocycles. The standard InChI is InChI=1S/C18H23N3O2/c1-13(2)17(15-7-5-4-6-8-15)21-18(22)20-12-14-9-10-16(23-3)19-11-14/h4-11,13,17H,12H2,1-3H3,(H2,20,21,22)/t17-/m1/s1. The number of nitrogens with one attached hydrogen (secondary N) is 2. The summed E-state index contributed by atoms with van der Waals surface area (Å²) in [6.07, 6.45) is 1.69. The first-order valence-electron chi connectivity index (χ1n) is 7.68. The Morgan fingerprint density at radius 3 is 2.48 bits per heavy atom. The van der Waals surface area contributed by atoms with E-state index in [0.29, 0.717) is 18.3 Å². The van der Waals surface area contributed by atoms with Gasteiger partial charge in [-0.25, -0.2) is 9.78 Å². The topological polar surface area (TPSA) is 63.2 Å². The number of amides is 2. The van der Waals surface area contributed by atoms with Gasteiger partial charge in [-0.2, -0.15) is 0 Å². The van der Waals surface area contributed by atoms with E-state index in [1.165, 1.54) is 0 Å². The van der Waals surface area contributed by atoms with Crippen molar-refractivity contribution in [2.45, 2.75) is 26.4 Å². The summed E-state index contributed by atoms with van der Waals surface area (Å²) in [6.45, 7) is 4.60. The Hall–Kier alpha value is -2.56. The molecule has 2 aromatic rings. The molecule has 0 saturated carbocycles. The lowest BCUT2D eigenvalue weighted by molar-refractivity contribution is 0.232.